The van der Waals surface area contributed by atoms with Crippen LogP contribution in [0.2, 0.25) is 5.02 Å². The molecule has 0 unspecified atom stereocenters. The van der Waals surface area contributed by atoms with E-state index in [0.717, 1.165) is 10.9 Å². The summed E-state index contributed by atoms with van der Waals surface area (Å²) in [5.41, 5.74) is 0.987. The van der Waals surface area contributed by atoms with E-state index in [2.05, 4.69) is 26.0 Å². The average molecular weight is 504 g/mol. The summed E-state index contributed by atoms with van der Waals surface area (Å²) >= 11 is 9.73. The van der Waals surface area contributed by atoms with Crippen LogP contribution in [0, 0.1) is 11.3 Å². The summed E-state index contributed by atoms with van der Waals surface area (Å²) in [6, 6.07) is 10.6. The van der Waals surface area contributed by atoms with Crippen LogP contribution in [0.3, 0.4) is 0 Å². The minimum atomic E-state index is -0.254. The highest BCUT2D eigenvalue weighted by Gasteiger charge is 2.13. The molecular formula is C22H20BrClN4O3. The van der Waals surface area contributed by atoms with Gasteiger partial charge < -0.3 is 9.47 Å². The molecule has 0 atom stereocenters. The lowest BCUT2D eigenvalue weighted by atomic mass is 10.2. The maximum Gasteiger partial charge on any atom is 0.282 e. The molecule has 1 aromatic heterocycles. The molecule has 0 bridgehead atoms. The second-order valence-electron chi connectivity index (χ2n) is 6.51. The number of aryl methyl sites for hydroxylation is 1. The van der Waals surface area contributed by atoms with Gasteiger partial charge in [-0.05, 0) is 49.2 Å². The molecule has 0 aliphatic carbocycles. The number of nitrogens with zero attached hydrogens (tertiary/aromatic N) is 4. The van der Waals surface area contributed by atoms with Gasteiger partial charge in [0.15, 0.2) is 18.1 Å². The normalized spacial score (nSPS) is 11.1. The molecule has 2 aromatic carbocycles. The Balaban J connectivity index is 2.08. The largest absolute Gasteiger partial charge is 0.490 e. The van der Waals surface area contributed by atoms with Crippen molar-refractivity contribution in [1.82, 2.24) is 9.66 Å². The minimum Gasteiger partial charge on any atom is -0.490 e. The van der Waals surface area contributed by atoms with Crippen molar-refractivity contribution in [3.63, 3.8) is 0 Å². The van der Waals surface area contributed by atoms with E-state index in [1.165, 1.54) is 10.9 Å². The molecule has 0 radical (unpaired) electrons. The third-order valence-electron chi connectivity index (χ3n) is 4.28. The molecule has 3 aromatic rings. The van der Waals surface area contributed by atoms with Gasteiger partial charge in [0.05, 0.1) is 28.7 Å². The zero-order chi connectivity index (χ0) is 22.4. The summed E-state index contributed by atoms with van der Waals surface area (Å²) in [5, 5.41) is 13.9. The molecule has 0 saturated heterocycles. The standard InChI is InChI=1S/C22H20BrClN4O3/c1-3-5-20-27-18-7-6-15(23)12-16(18)22(29)28(20)26-13-14-10-17(24)21(31-9-8-25)19(11-14)30-4-2/h6-7,10-13H,3-5,9H2,1-2H3. The molecule has 0 spiro atoms. The van der Waals surface area contributed by atoms with Gasteiger partial charge in [0.2, 0.25) is 0 Å². The summed E-state index contributed by atoms with van der Waals surface area (Å²) in [4.78, 5) is 17.7. The quantitative estimate of drug-likeness (QED) is 0.406. The van der Waals surface area contributed by atoms with Crippen LogP contribution in [0.25, 0.3) is 10.9 Å². The van der Waals surface area contributed by atoms with Gasteiger partial charge in [0.1, 0.15) is 11.9 Å². The van der Waals surface area contributed by atoms with Gasteiger partial charge in [0, 0.05) is 10.9 Å². The zero-order valence-corrected chi connectivity index (χ0v) is 19.4. The Labute approximate surface area is 193 Å². The Morgan fingerprint density at radius 2 is 2.10 bits per heavy atom. The van der Waals surface area contributed by atoms with Crippen LogP contribution in [0.1, 0.15) is 31.7 Å². The summed E-state index contributed by atoms with van der Waals surface area (Å²) < 4.78 is 13.1. The predicted octanol–water partition coefficient (Wildman–Crippen LogP) is 4.95. The van der Waals surface area contributed by atoms with Crippen LogP contribution < -0.4 is 15.0 Å². The number of hydrogen-bond donors (Lipinski definition) is 0. The molecule has 0 aliphatic heterocycles. The molecule has 0 aliphatic rings. The van der Waals surface area contributed by atoms with Crippen molar-refractivity contribution in [3.8, 4) is 17.6 Å². The highest BCUT2D eigenvalue weighted by Crippen LogP contribution is 2.36. The van der Waals surface area contributed by atoms with Gasteiger partial charge >= 0.3 is 0 Å². The topological polar surface area (TPSA) is 89.5 Å². The van der Waals surface area contributed by atoms with E-state index in [9.17, 15) is 4.79 Å². The molecule has 0 saturated carbocycles. The number of rotatable bonds is 8. The monoisotopic (exact) mass is 502 g/mol. The molecule has 160 valence electrons. The fourth-order valence-electron chi connectivity index (χ4n) is 2.99. The van der Waals surface area contributed by atoms with Gasteiger partial charge in [-0.15, -0.1) is 0 Å². The lowest BCUT2D eigenvalue weighted by Gasteiger charge is -2.13. The van der Waals surface area contributed by atoms with Crippen molar-refractivity contribution in [2.45, 2.75) is 26.7 Å². The maximum absolute atomic E-state index is 13.1. The molecule has 7 nitrogen and oxygen atoms in total. The fraction of sp³-hybridized carbons (Fsp3) is 0.273. The van der Waals surface area contributed by atoms with Gasteiger partial charge in [-0.3, -0.25) is 4.79 Å². The molecule has 31 heavy (non-hydrogen) atoms. The zero-order valence-electron chi connectivity index (χ0n) is 17.1. The van der Waals surface area contributed by atoms with Crippen LogP contribution in [0.4, 0.5) is 0 Å². The first kappa shape index (κ1) is 22.8. The smallest absolute Gasteiger partial charge is 0.282 e. The molecule has 9 heteroatoms. The Morgan fingerprint density at radius 1 is 1.29 bits per heavy atom. The summed E-state index contributed by atoms with van der Waals surface area (Å²) in [5.74, 6) is 1.26. The van der Waals surface area contributed by atoms with Crippen LogP contribution in [-0.4, -0.2) is 29.1 Å². The van der Waals surface area contributed by atoms with Crippen LogP contribution in [0.15, 0.2) is 44.7 Å². The molecule has 0 fully saturated rings. The predicted molar refractivity (Wildman–Crippen MR) is 124 cm³/mol. The number of benzene rings is 2. The highest BCUT2D eigenvalue weighted by atomic mass is 79.9. The number of ether oxygens (including phenoxy) is 2. The third-order valence-corrected chi connectivity index (χ3v) is 5.06. The first-order chi connectivity index (χ1) is 15.0. The van der Waals surface area contributed by atoms with E-state index in [1.807, 2.05) is 32.0 Å². The van der Waals surface area contributed by atoms with Crippen molar-refractivity contribution in [3.05, 3.63) is 61.6 Å². The van der Waals surface area contributed by atoms with Crippen molar-refractivity contribution < 1.29 is 9.47 Å². The van der Waals surface area contributed by atoms with Crippen LogP contribution >= 0.6 is 27.5 Å². The number of hydrogen-bond acceptors (Lipinski definition) is 6. The van der Waals surface area contributed by atoms with E-state index < -0.39 is 0 Å². The van der Waals surface area contributed by atoms with Gasteiger partial charge in [-0.25, -0.2) is 4.98 Å². The Morgan fingerprint density at radius 3 is 2.81 bits per heavy atom. The average Bonchev–Trinajstić information content (AvgIpc) is 2.74. The number of aromatic nitrogens is 2. The van der Waals surface area contributed by atoms with Crippen molar-refractivity contribution >= 4 is 44.6 Å². The van der Waals surface area contributed by atoms with Crippen molar-refractivity contribution in [2.24, 2.45) is 5.10 Å². The number of fused-ring (bicyclic) bond motifs is 1. The van der Waals surface area contributed by atoms with Gasteiger partial charge in [-0.2, -0.15) is 15.0 Å². The van der Waals surface area contributed by atoms with Crippen LogP contribution in [0.5, 0.6) is 11.5 Å². The highest BCUT2D eigenvalue weighted by molar-refractivity contribution is 9.10. The second-order valence-corrected chi connectivity index (χ2v) is 7.83. The molecule has 0 N–H and O–H groups in total. The van der Waals surface area contributed by atoms with E-state index in [4.69, 9.17) is 26.3 Å². The second kappa shape index (κ2) is 10.4. The molecule has 3 rings (SSSR count). The summed E-state index contributed by atoms with van der Waals surface area (Å²) in [6.07, 6.45) is 2.94. The first-order valence-electron chi connectivity index (χ1n) is 9.70. The van der Waals surface area contributed by atoms with E-state index in [0.29, 0.717) is 46.8 Å². The SMILES string of the molecule is CCCc1nc2ccc(Br)cc2c(=O)n1N=Cc1cc(Cl)c(OCC#N)c(OCC)c1. The van der Waals surface area contributed by atoms with Gasteiger partial charge in [-0.1, -0.05) is 34.5 Å². The van der Waals surface area contributed by atoms with Crippen LogP contribution in [-0.2, 0) is 6.42 Å². The first-order valence-corrected chi connectivity index (χ1v) is 10.9. The molecule has 0 amide bonds. The summed E-state index contributed by atoms with van der Waals surface area (Å²) in [7, 11) is 0. The lowest BCUT2D eigenvalue weighted by molar-refractivity contribution is 0.299. The van der Waals surface area contributed by atoms with E-state index in [-0.39, 0.29) is 17.2 Å². The maximum atomic E-state index is 13.1. The number of halogens is 2. The molecule has 1 heterocycles. The minimum absolute atomic E-state index is 0.151. The fourth-order valence-corrected chi connectivity index (χ4v) is 3.63. The van der Waals surface area contributed by atoms with Crippen molar-refractivity contribution in [1.29, 1.82) is 5.26 Å². The molecular weight excluding hydrogens is 484 g/mol. The Bertz CT molecular complexity index is 1230. The summed E-state index contributed by atoms with van der Waals surface area (Å²) in [6.45, 7) is 4.09. The van der Waals surface area contributed by atoms with E-state index >= 15 is 0 Å². The van der Waals surface area contributed by atoms with Gasteiger partial charge in [0.25, 0.3) is 5.56 Å². The lowest BCUT2D eigenvalue weighted by Crippen LogP contribution is -2.22. The third kappa shape index (κ3) is 5.24. The Hall–Kier alpha value is -2.89. The van der Waals surface area contributed by atoms with Crippen molar-refractivity contribution in [2.75, 3.05) is 13.2 Å². The number of nitriles is 1. The van der Waals surface area contributed by atoms with E-state index in [1.54, 1.807) is 18.2 Å². The Kier molecular flexibility index (Phi) is 7.66.